The SMILES string of the molecule is CCCNCCOc1ccc(NC(=O)c2c[nH]c3c2C(=O)CCC3)cc1F. The number of carbonyl (C=O) groups is 2. The Balaban J connectivity index is 1.63. The van der Waals surface area contributed by atoms with E-state index in [0.717, 1.165) is 31.5 Å². The van der Waals surface area contributed by atoms with Gasteiger partial charge in [-0.15, -0.1) is 0 Å². The number of halogens is 1. The normalized spacial score (nSPS) is 13.3. The molecule has 0 atom stereocenters. The van der Waals surface area contributed by atoms with Gasteiger partial charge in [-0.1, -0.05) is 6.92 Å². The molecule has 6 nitrogen and oxygen atoms in total. The van der Waals surface area contributed by atoms with Crippen LogP contribution in [-0.2, 0) is 6.42 Å². The second-order valence-corrected chi connectivity index (χ2v) is 6.53. The van der Waals surface area contributed by atoms with Crippen molar-refractivity contribution in [1.29, 1.82) is 0 Å². The van der Waals surface area contributed by atoms with E-state index in [1.807, 2.05) is 0 Å². The van der Waals surface area contributed by atoms with Gasteiger partial charge in [0.15, 0.2) is 17.3 Å². The van der Waals surface area contributed by atoms with Gasteiger partial charge in [0.05, 0.1) is 11.1 Å². The molecule has 1 heterocycles. The highest BCUT2D eigenvalue weighted by atomic mass is 19.1. The summed E-state index contributed by atoms with van der Waals surface area (Å²) < 4.78 is 19.6. The number of benzene rings is 1. The molecule has 0 saturated carbocycles. The molecule has 144 valence electrons. The van der Waals surface area contributed by atoms with E-state index in [9.17, 15) is 14.0 Å². The molecule has 0 fully saturated rings. The van der Waals surface area contributed by atoms with E-state index in [1.165, 1.54) is 12.1 Å². The number of rotatable bonds is 8. The highest BCUT2D eigenvalue weighted by molar-refractivity contribution is 6.13. The van der Waals surface area contributed by atoms with Gasteiger partial charge >= 0.3 is 0 Å². The number of carbonyl (C=O) groups excluding carboxylic acids is 2. The van der Waals surface area contributed by atoms with Crippen LogP contribution in [0.1, 0.15) is 52.6 Å². The molecule has 7 heteroatoms. The summed E-state index contributed by atoms with van der Waals surface area (Å²) in [6, 6.07) is 4.28. The lowest BCUT2D eigenvalue weighted by Gasteiger charge is -2.12. The monoisotopic (exact) mass is 373 g/mol. The first kappa shape index (κ1) is 19.1. The van der Waals surface area contributed by atoms with Crippen molar-refractivity contribution < 1.29 is 18.7 Å². The lowest BCUT2D eigenvalue weighted by Crippen LogP contribution is -2.21. The van der Waals surface area contributed by atoms with Crippen molar-refractivity contribution in [3.63, 3.8) is 0 Å². The van der Waals surface area contributed by atoms with E-state index in [4.69, 9.17) is 4.74 Å². The summed E-state index contributed by atoms with van der Waals surface area (Å²) >= 11 is 0. The first-order chi connectivity index (χ1) is 13.1. The zero-order valence-corrected chi connectivity index (χ0v) is 15.4. The Kier molecular flexibility index (Phi) is 6.24. The van der Waals surface area contributed by atoms with Crippen LogP contribution in [0.2, 0.25) is 0 Å². The highest BCUT2D eigenvalue weighted by Crippen LogP contribution is 2.26. The Labute approximate surface area is 157 Å². The number of hydrogen-bond donors (Lipinski definition) is 3. The maximum Gasteiger partial charge on any atom is 0.257 e. The number of ketones is 1. The maximum absolute atomic E-state index is 14.2. The largest absolute Gasteiger partial charge is 0.489 e. The van der Waals surface area contributed by atoms with Crippen LogP contribution < -0.4 is 15.4 Å². The molecule has 0 aliphatic heterocycles. The number of ether oxygens (including phenoxy) is 1. The molecule has 0 unspecified atom stereocenters. The van der Waals surface area contributed by atoms with Gasteiger partial charge in [0.25, 0.3) is 5.91 Å². The minimum absolute atomic E-state index is 0.0331. The van der Waals surface area contributed by atoms with E-state index >= 15 is 0 Å². The van der Waals surface area contributed by atoms with E-state index < -0.39 is 11.7 Å². The molecule has 0 saturated heterocycles. The molecule has 1 aliphatic carbocycles. The third-order valence-corrected chi connectivity index (χ3v) is 4.47. The van der Waals surface area contributed by atoms with Crippen LogP contribution in [0.5, 0.6) is 5.75 Å². The second-order valence-electron chi connectivity index (χ2n) is 6.53. The average Bonchev–Trinajstić information content (AvgIpc) is 3.09. The number of hydrogen-bond acceptors (Lipinski definition) is 4. The number of aromatic amines is 1. The fourth-order valence-electron chi connectivity index (χ4n) is 3.14. The predicted octanol–water partition coefficient (Wildman–Crippen LogP) is 3.30. The van der Waals surface area contributed by atoms with E-state index in [2.05, 4.69) is 22.5 Å². The summed E-state index contributed by atoms with van der Waals surface area (Å²) in [7, 11) is 0. The summed E-state index contributed by atoms with van der Waals surface area (Å²) in [6.07, 6.45) is 4.55. The van der Waals surface area contributed by atoms with Gasteiger partial charge in [0.1, 0.15) is 6.61 Å². The minimum Gasteiger partial charge on any atom is -0.489 e. The van der Waals surface area contributed by atoms with Crippen LogP contribution in [0.15, 0.2) is 24.4 Å². The van der Waals surface area contributed by atoms with Crippen molar-refractivity contribution in [3.8, 4) is 5.75 Å². The van der Waals surface area contributed by atoms with Crippen LogP contribution >= 0.6 is 0 Å². The molecule has 1 aliphatic rings. The molecule has 1 amide bonds. The van der Waals surface area contributed by atoms with Crippen molar-refractivity contribution in [2.45, 2.75) is 32.6 Å². The molecule has 0 spiro atoms. The summed E-state index contributed by atoms with van der Waals surface area (Å²) in [4.78, 5) is 27.6. The molecule has 0 radical (unpaired) electrons. The number of Topliss-reactive ketones (excluding diaryl/α,β-unsaturated/α-hetero) is 1. The van der Waals surface area contributed by atoms with Gasteiger partial charge in [-0.05, 0) is 37.9 Å². The fraction of sp³-hybridized carbons (Fsp3) is 0.400. The summed E-state index contributed by atoms with van der Waals surface area (Å²) in [5.41, 5.74) is 1.87. The second kappa shape index (κ2) is 8.81. The van der Waals surface area contributed by atoms with Crippen LogP contribution in [-0.4, -0.2) is 36.4 Å². The van der Waals surface area contributed by atoms with Crippen LogP contribution in [0.25, 0.3) is 0 Å². The van der Waals surface area contributed by atoms with Crippen molar-refractivity contribution in [2.24, 2.45) is 0 Å². The van der Waals surface area contributed by atoms with Gasteiger partial charge in [0.2, 0.25) is 0 Å². The zero-order valence-electron chi connectivity index (χ0n) is 15.4. The quantitative estimate of drug-likeness (QED) is 0.620. The van der Waals surface area contributed by atoms with Crippen LogP contribution in [0.4, 0.5) is 10.1 Å². The van der Waals surface area contributed by atoms with E-state index in [0.29, 0.717) is 36.4 Å². The Morgan fingerprint density at radius 2 is 2.15 bits per heavy atom. The molecule has 27 heavy (non-hydrogen) atoms. The summed E-state index contributed by atoms with van der Waals surface area (Å²) in [6.45, 7) is 3.96. The lowest BCUT2D eigenvalue weighted by molar-refractivity contribution is 0.0956. The van der Waals surface area contributed by atoms with Crippen molar-refractivity contribution in [2.75, 3.05) is 25.0 Å². The molecule has 1 aromatic heterocycles. The van der Waals surface area contributed by atoms with Crippen LogP contribution in [0, 0.1) is 5.82 Å². The number of aryl methyl sites for hydroxylation is 1. The Morgan fingerprint density at radius 1 is 1.30 bits per heavy atom. The van der Waals surface area contributed by atoms with E-state index in [1.54, 1.807) is 12.3 Å². The lowest BCUT2D eigenvalue weighted by atomic mass is 9.93. The van der Waals surface area contributed by atoms with Crippen LogP contribution in [0.3, 0.4) is 0 Å². The molecular weight excluding hydrogens is 349 g/mol. The minimum atomic E-state index is -0.546. The standard InChI is InChI=1S/C20H24FN3O3/c1-2-8-22-9-10-27-18-7-6-13(11-15(18)21)24-20(26)14-12-23-16-4-3-5-17(25)19(14)16/h6-7,11-12,22-23H,2-5,8-10H2,1H3,(H,24,26). The maximum atomic E-state index is 14.2. The molecule has 2 aromatic rings. The van der Waals surface area contributed by atoms with Crippen molar-refractivity contribution in [1.82, 2.24) is 10.3 Å². The Bertz CT molecular complexity index is 832. The molecule has 0 bridgehead atoms. The number of amides is 1. The van der Waals surface area contributed by atoms with Gasteiger partial charge in [-0.3, -0.25) is 9.59 Å². The van der Waals surface area contributed by atoms with Gasteiger partial charge in [-0.25, -0.2) is 4.39 Å². The number of fused-ring (bicyclic) bond motifs is 1. The predicted molar refractivity (Wildman–Crippen MR) is 101 cm³/mol. The average molecular weight is 373 g/mol. The number of nitrogens with one attached hydrogen (secondary N) is 3. The molecule has 3 rings (SSSR count). The highest BCUT2D eigenvalue weighted by Gasteiger charge is 2.26. The molecule has 1 aromatic carbocycles. The zero-order chi connectivity index (χ0) is 19.2. The Hall–Kier alpha value is -2.67. The summed E-state index contributed by atoms with van der Waals surface area (Å²) in [5.74, 6) is -0.871. The number of aromatic nitrogens is 1. The first-order valence-electron chi connectivity index (χ1n) is 9.28. The molecular formula is C20H24FN3O3. The summed E-state index contributed by atoms with van der Waals surface area (Å²) in [5, 5.41) is 5.82. The molecule has 3 N–H and O–H groups in total. The number of H-pyrrole nitrogens is 1. The number of anilines is 1. The third-order valence-electron chi connectivity index (χ3n) is 4.47. The first-order valence-corrected chi connectivity index (χ1v) is 9.28. The van der Waals surface area contributed by atoms with Gasteiger partial charge in [-0.2, -0.15) is 0 Å². The smallest absolute Gasteiger partial charge is 0.257 e. The van der Waals surface area contributed by atoms with Crippen molar-refractivity contribution in [3.05, 3.63) is 47.0 Å². The third kappa shape index (κ3) is 4.54. The van der Waals surface area contributed by atoms with Gasteiger partial charge in [0, 0.05) is 36.6 Å². The van der Waals surface area contributed by atoms with E-state index in [-0.39, 0.29) is 11.5 Å². The van der Waals surface area contributed by atoms with Gasteiger partial charge < -0.3 is 20.4 Å². The fourth-order valence-corrected chi connectivity index (χ4v) is 3.14. The van der Waals surface area contributed by atoms with Crippen molar-refractivity contribution >= 4 is 17.4 Å². The topological polar surface area (TPSA) is 83.2 Å². The Morgan fingerprint density at radius 3 is 2.93 bits per heavy atom.